The van der Waals surface area contributed by atoms with Gasteiger partial charge in [-0.1, -0.05) is 26.0 Å². The second-order valence-corrected chi connectivity index (χ2v) is 4.91. The molecule has 0 aliphatic carbocycles. The molecule has 1 aromatic carbocycles. The molecule has 1 heterocycles. The first-order valence-electron chi connectivity index (χ1n) is 6.39. The summed E-state index contributed by atoms with van der Waals surface area (Å²) in [5.41, 5.74) is 7.84. The number of nitrogens with zero attached hydrogens (tertiary/aromatic N) is 1. The topological polar surface area (TPSA) is 55.6 Å². The Hall–Kier alpha value is -1.55. The van der Waals surface area contributed by atoms with Crippen LogP contribution in [0.1, 0.15) is 31.7 Å². The number of hydrogen-bond acceptors (Lipinski definition) is 3. The van der Waals surface area contributed by atoms with Crippen LogP contribution in [0.5, 0.6) is 0 Å². The lowest BCUT2D eigenvalue weighted by Gasteiger charge is -2.34. The monoisotopic (exact) mass is 248 g/mol. The highest BCUT2D eigenvalue weighted by atomic mass is 16.6. The van der Waals surface area contributed by atoms with Crippen LogP contribution in [-0.4, -0.2) is 25.3 Å². The molecule has 1 saturated heterocycles. The number of carbonyl (C=O) groups excluding carboxylic acids is 1. The third kappa shape index (κ3) is 2.48. The van der Waals surface area contributed by atoms with Gasteiger partial charge in [0.25, 0.3) is 0 Å². The minimum absolute atomic E-state index is 0.0381. The average molecular weight is 248 g/mol. The largest absolute Gasteiger partial charge is 0.449 e. The molecule has 0 aromatic heterocycles. The summed E-state index contributed by atoms with van der Waals surface area (Å²) in [6.45, 7) is 5.21. The summed E-state index contributed by atoms with van der Waals surface area (Å²) < 4.78 is 5.09. The molecule has 1 amide bonds. The Balaban J connectivity index is 2.25. The quantitative estimate of drug-likeness (QED) is 0.894. The first-order valence-corrected chi connectivity index (χ1v) is 6.39. The van der Waals surface area contributed by atoms with Crippen LogP contribution in [0.4, 0.5) is 10.5 Å². The molecule has 1 fully saturated rings. The SMILES string of the molecule is CC(C)c1ccc(N2C(=O)OCCC2CN)cc1. The first kappa shape index (κ1) is 12.9. The Morgan fingerprint density at radius 1 is 1.39 bits per heavy atom. The summed E-state index contributed by atoms with van der Waals surface area (Å²) in [6.07, 6.45) is 0.489. The number of rotatable bonds is 3. The summed E-state index contributed by atoms with van der Waals surface area (Å²) in [5, 5.41) is 0. The van der Waals surface area contributed by atoms with E-state index in [1.54, 1.807) is 4.90 Å². The summed E-state index contributed by atoms with van der Waals surface area (Å²) in [6, 6.07) is 8.07. The molecule has 0 radical (unpaired) electrons. The number of amides is 1. The van der Waals surface area contributed by atoms with Gasteiger partial charge in [-0.15, -0.1) is 0 Å². The fourth-order valence-electron chi connectivity index (χ4n) is 2.19. The van der Waals surface area contributed by atoms with Crippen LogP contribution < -0.4 is 10.6 Å². The van der Waals surface area contributed by atoms with Gasteiger partial charge in [0.2, 0.25) is 0 Å². The van der Waals surface area contributed by atoms with Gasteiger partial charge in [-0.3, -0.25) is 4.90 Å². The maximum absolute atomic E-state index is 11.8. The Labute approximate surface area is 108 Å². The molecule has 1 atom stereocenters. The van der Waals surface area contributed by atoms with E-state index in [4.69, 9.17) is 10.5 Å². The van der Waals surface area contributed by atoms with Crippen LogP contribution in [0, 0.1) is 0 Å². The lowest BCUT2D eigenvalue weighted by molar-refractivity contribution is 0.130. The maximum Gasteiger partial charge on any atom is 0.414 e. The van der Waals surface area contributed by atoms with Crippen LogP contribution in [0.3, 0.4) is 0 Å². The summed E-state index contributed by atoms with van der Waals surface area (Å²) in [5.74, 6) is 0.484. The van der Waals surface area contributed by atoms with Gasteiger partial charge in [0, 0.05) is 18.7 Å². The van der Waals surface area contributed by atoms with Gasteiger partial charge < -0.3 is 10.5 Å². The number of carbonyl (C=O) groups is 1. The van der Waals surface area contributed by atoms with Crippen LogP contribution in [0.25, 0.3) is 0 Å². The Morgan fingerprint density at radius 2 is 2.06 bits per heavy atom. The number of cyclic esters (lactones) is 1. The van der Waals surface area contributed by atoms with Gasteiger partial charge in [0.05, 0.1) is 12.6 Å². The fourth-order valence-corrected chi connectivity index (χ4v) is 2.19. The van der Waals surface area contributed by atoms with E-state index in [0.717, 1.165) is 12.1 Å². The zero-order valence-corrected chi connectivity index (χ0v) is 10.9. The van der Waals surface area contributed by atoms with Crippen molar-refractivity contribution >= 4 is 11.8 Å². The summed E-state index contributed by atoms with van der Waals surface area (Å²) >= 11 is 0. The predicted octanol–water partition coefficient (Wildman–Crippen LogP) is 2.48. The molecule has 0 spiro atoms. The smallest absolute Gasteiger partial charge is 0.414 e. The van der Waals surface area contributed by atoms with Crippen molar-refractivity contribution in [1.29, 1.82) is 0 Å². The summed E-state index contributed by atoms with van der Waals surface area (Å²) in [7, 11) is 0. The Morgan fingerprint density at radius 3 is 2.61 bits per heavy atom. The fraction of sp³-hybridized carbons (Fsp3) is 0.500. The molecule has 1 unspecified atom stereocenters. The van der Waals surface area contributed by atoms with Crippen molar-refractivity contribution in [2.24, 2.45) is 5.73 Å². The van der Waals surface area contributed by atoms with Crippen molar-refractivity contribution < 1.29 is 9.53 Å². The zero-order valence-electron chi connectivity index (χ0n) is 10.9. The Bertz CT molecular complexity index is 414. The molecule has 98 valence electrons. The summed E-state index contributed by atoms with van der Waals surface area (Å²) in [4.78, 5) is 13.5. The van der Waals surface area contributed by atoms with E-state index in [-0.39, 0.29) is 12.1 Å². The molecule has 2 N–H and O–H groups in total. The molecule has 0 bridgehead atoms. The highest BCUT2D eigenvalue weighted by Crippen LogP contribution is 2.25. The predicted molar refractivity (Wildman–Crippen MR) is 71.8 cm³/mol. The number of anilines is 1. The lowest BCUT2D eigenvalue weighted by atomic mass is 10.0. The molecule has 18 heavy (non-hydrogen) atoms. The highest BCUT2D eigenvalue weighted by molar-refractivity contribution is 5.89. The maximum atomic E-state index is 11.8. The van der Waals surface area contributed by atoms with Crippen LogP contribution in [0.15, 0.2) is 24.3 Å². The van der Waals surface area contributed by atoms with E-state index in [1.807, 2.05) is 12.1 Å². The first-order chi connectivity index (χ1) is 8.63. The van der Waals surface area contributed by atoms with Crippen molar-refractivity contribution in [3.63, 3.8) is 0 Å². The second-order valence-electron chi connectivity index (χ2n) is 4.91. The Kier molecular flexibility index (Phi) is 3.87. The van der Waals surface area contributed by atoms with Crippen LogP contribution >= 0.6 is 0 Å². The third-order valence-corrected chi connectivity index (χ3v) is 3.35. The minimum Gasteiger partial charge on any atom is -0.449 e. The second kappa shape index (κ2) is 5.40. The van der Waals surface area contributed by atoms with E-state index in [9.17, 15) is 4.79 Å². The normalized spacial score (nSPS) is 20.1. The van der Waals surface area contributed by atoms with Crippen molar-refractivity contribution in [2.75, 3.05) is 18.1 Å². The van der Waals surface area contributed by atoms with Crippen LogP contribution in [0.2, 0.25) is 0 Å². The van der Waals surface area contributed by atoms with Gasteiger partial charge in [0.15, 0.2) is 0 Å². The molecular formula is C14H20N2O2. The lowest BCUT2D eigenvalue weighted by Crippen LogP contribution is -2.49. The molecule has 1 aliphatic heterocycles. The van der Waals surface area contributed by atoms with Crippen LogP contribution in [-0.2, 0) is 4.74 Å². The number of hydrogen-bond donors (Lipinski definition) is 1. The molecule has 4 heteroatoms. The van der Waals surface area contributed by atoms with E-state index in [2.05, 4.69) is 26.0 Å². The van der Waals surface area contributed by atoms with E-state index < -0.39 is 0 Å². The third-order valence-electron chi connectivity index (χ3n) is 3.35. The molecule has 1 aromatic rings. The van der Waals surface area contributed by atoms with E-state index in [1.165, 1.54) is 5.56 Å². The molecule has 0 saturated carbocycles. The van der Waals surface area contributed by atoms with Gasteiger partial charge >= 0.3 is 6.09 Å². The minimum atomic E-state index is -0.297. The number of benzene rings is 1. The van der Waals surface area contributed by atoms with Crippen molar-refractivity contribution in [3.8, 4) is 0 Å². The van der Waals surface area contributed by atoms with Gasteiger partial charge in [0.1, 0.15) is 0 Å². The van der Waals surface area contributed by atoms with Gasteiger partial charge in [-0.05, 0) is 23.6 Å². The standard InChI is InChI=1S/C14H20N2O2/c1-10(2)11-3-5-12(6-4-11)16-13(9-15)7-8-18-14(16)17/h3-6,10,13H,7-9,15H2,1-2H3. The van der Waals surface area contributed by atoms with Crippen molar-refractivity contribution in [1.82, 2.24) is 0 Å². The highest BCUT2D eigenvalue weighted by Gasteiger charge is 2.29. The average Bonchev–Trinajstić information content (AvgIpc) is 2.38. The van der Waals surface area contributed by atoms with Gasteiger partial charge in [-0.25, -0.2) is 4.79 Å². The van der Waals surface area contributed by atoms with Crippen molar-refractivity contribution in [2.45, 2.75) is 32.2 Å². The number of nitrogens with two attached hydrogens (primary N) is 1. The van der Waals surface area contributed by atoms with Gasteiger partial charge in [-0.2, -0.15) is 0 Å². The molecular weight excluding hydrogens is 228 g/mol. The zero-order chi connectivity index (χ0) is 13.1. The molecule has 1 aliphatic rings. The molecule has 4 nitrogen and oxygen atoms in total. The van der Waals surface area contributed by atoms with E-state index >= 15 is 0 Å². The molecule has 2 rings (SSSR count). The van der Waals surface area contributed by atoms with E-state index in [0.29, 0.717) is 19.1 Å². The van der Waals surface area contributed by atoms with Crippen molar-refractivity contribution in [3.05, 3.63) is 29.8 Å². The number of ether oxygens (including phenoxy) is 1.